The topological polar surface area (TPSA) is 95.5 Å². The number of nitrogens with zero attached hydrogens (tertiary/aromatic N) is 3. The predicted molar refractivity (Wildman–Crippen MR) is 105 cm³/mol. The summed E-state index contributed by atoms with van der Waals surface area (Å²) in [5.74, 6) is 0.947. The lowest BCUT2D eigenvalue weighted by molar-refractivity contribution is -0.120. The molecule has 0 aliphatic heterocycles. The normalized spacial score (nSPS) is 19.5. The van der Waals surface area contributed by atoms with E-state index in [2.05, 4.69) is 20.3 Å². The van der Waals surface area contributed by atoms with E-state index in [0.29, 0.717) is 37.5 Å². The molecule has 1 atom stereocenters. The number of amides is 1. The quantitative estimate of drug-likeness (QED) is 0.624. The van der Waals surface area contributed by atoms with Gasteiger partial charge in [0.15, 0.2) is 5.02 Å². The number of aromatic nitrogens is 3. The first-order valence-corrected chi connectivity index (χ1v) is 10.3. The third-order valence-electron chi connectivity index (χ3n) is 4.24. The molecule has 0 radical (unpaired) electrons. The fraction of sp³-hybridized carbons (Fsp3) is 0.556. The minimum absolute atomic E-state index is 0.0102. The fourth-order valence-corrected chi connectivity index (χ4v) is 3.52. The number of ether oxygens (including phenoxy) is 3. The van der Waals surface area contributed by atoms with Crippen LogP contribution < -0.4 is 14.8 Å². The number of halogens is 1. The first-order chi connectivity index (χ1) is 13.5. The summed E-state index contributed by atoms with van der Waals surface area (Å²) in [5.41, 5.74) is 1.74. The summed E-state index contributed by atoms with van der Waals surface area (Å²) in [6.45, 7) is 4.79. The van der Waals surface area contributed by atoms with E-state index in [1.165, 1.54) is 24.6 Å². The molecule has 0 saturated heterocycles. The van der Waals surface area contributed by atoms with Crippen molar-refractivity contribution >= 4 is 28.8 Å². The third-order valence-corrected chi connectivity index (χ3v) is 5.32. The lowest BCUT2D eigenvalue weighted by Crippen LogP contribution is -2.40. The van der Waals surface area contributed by atoms with Crippen molar-refractivity contribution in [3.05, 3.63) is 27.9 Å². The number of hydrogen-bond acceptors (Lipinski definition) is 8. The van der Waals surface area contributed by atoms with Gasteiger partial charge in [-0.1, -0.05) is 11.6 Å². The van der Waals surface area contributed by atoms with Crippen LogP contribution in [0.2, 0.25) is 5.02 Å². The van der Waals surface area contributed by atoms with Gasteiger partial charge >= 0.3 is 0 Å². The van der Waals surface area contributed by atoms with Crippen LogP contribution in [0.15, 0.2) is 18.0 Å². The van der Waals surface area contributed by atoms with E-state index in [0.717, 1.165) is 17.7 Å². The Labute approximate surface area is 172 Å². The van der Waals surface area contributed by atoms with Gasteiger partial charge in [-0.25, -0.2) is 9.97 Å². The summed E-state index contributed by atoms with van der Waals surface area (Å²) in [7, 11) is 0. The number of carbonyl (C=O) groups is 1. The van der Waals surface area contributed by atoms with Crippen LogP contribution in [0.3, 0.4) is 0 Å². The second kappa shape index (κ2) is 9.99. The maximum atomic E-state index is 11.0. The van der Waals surface area contributed by atoms with E-state index >= 15 is 0 Å². The highest BCUT2D eigenvalue weighted by Gasteiger charge is 2.31. The SMILES string of the molecule is CC(=O)N[C@@H](C)CO[C@H]1C[C@H](COc2ncnc(OCc3cncs3)c2Cl)C1. The van der Waals surface area contributed by atoms with Crippen molar-refractivity contribution in [1.82, 2.24) is 20.3 Å². The van der Waals surface area contributed by atoms with Crippen LogP contribution in [-0.2, 0) is 16.1 Å². The maximum Gasteiger partial charge on any atom is 0.240 e. The molecule has 2 aromatic heterocycles. The van der Waals surface area contributed by atoms with Crippen LogP contribution in [0.1, 0.15) is 31.6 Å². The molecule has 1 fully saturated rings. The Balaban J connectivity index is 1.38. The van der Waals surface area contributed by atoms with E-state index < -0.39 is 0 Å². The molecule has 152 valence electrons. The van der Waals surface area contributed by atoms with Gasteiger partial charge in [-0.15, -0.1) is 11.3 Å². The Morgan fingerprint density at radius 2 is 2.11 bits per heavy atom. The molecule has 1 aliphatic rings. The first kappa shape index (κ1) is 20.8. The third kappa shape index (κ3) is 6.02. The molecule has 1 N–H and O–H groups in total. The zero-order valence-electron chi connectivity index (χ0n) is 15.8. The molecule has 0 bridgehead atoms. The van der Waals surface area contributed by atoms with Crippen molar-refractivity contribution in [3.8, 4) is 11.8 Å². The van der Waals surface area contributed by atoms with Gasteiger partial charge in [-0.05, 0) is 25.7 Å². The van der Waals surface area contributed by atoms with Crippen LogP contribution in [0.4, 0.5) is 0 Å². The van der Waals surface area contributed by atoms with Gasteiger partial charge in [-0.2, -0.15) is 0 Å². The highest BCUT2D eigenvalue weighted by atomic mass is 35.5. The summed E-state index contributed by atoms with van der Waals surface area (Å²) in [5, 5.41) is 3.07. The second-order valence-corrected chi connectivity index (χ2v) is 8.11. The second-order valence-electron chi connectivity index (χ2n) is 6.76. The smallest absolute Gasteiger partial charge is 0.240 e. The van der Waals surface area contributed by atoms with E-state index in [4.69, 9.17) is 25.8 Å². The van der Waals surface area contributed by atoms with E-state index in [9.17, 15) is 4.79 Å². The molecule has 2 heterocycles. The van der Waals surface area contributed by atoms with Crippen molar-refractivity contribution in [2.75, 3.05) is 13.2 Å². The fourth-order valence-electron chi connectivity index (χ4n) is 2.81. The monoisotopic (exact) mass is 426 g/mol. The van der Waals surface area contributed by atoms with Crippen LogP contribution in [-0.4, -0.2) is 46.2 Å². The van der Waals surface area contributed by atoms with Crippen molar-refractivity contribution in [1.29, 1.82) is 0 Å². The summed E-state index contributed by atoms with van der Waals surface area (Å²) in [6.07, 6.45) is 5.13. The molecule has 0 unspecified atom stereocenters. The molecule has 1 amide bonds. The molecule has 1 aliphatic carbocycles. The Hall–Kier alpha value is -1.97. The van der Waals surface area contributed by atoms with E-state index in [1.54, 1.807) is 11.7 Å². The minimum Gasteiger partial charge on any atom is -0.476 e. The standard InChI is InChI=1S/C18H23ClN4O4S/c1-11(23-12(2)24)6-25-14-3-13(4-14)7-26-17-16(19)18(22-9-21-17)27-8-15-5-20-10-28-15/h5,9-11,13-14H,3-4,6-8H2,1-2H3,(H,23,24)/t11-,13-,14-/m0/s1. The molecule has 0 aromatic carbocycles. The lowest BCUT2D eigenvalue weighted by Gasteiger charge is -2.35. The zero-order chi connectivity index (χ0) is 19.9. The Morgan fingerprint density at radius 3 is 2.79 bits per heavy atom. The molecule has 2 aromatic rings. The van der Waals surface area contributed by atoms with Crippen molar-refractivity contribution < 1.29 is 19.0 Å². The van der Waals surface area contributed by atoms with Gasteiger partial charge in [-0.3, -0.25) is 9.78 Å². The molecular weight excluding hydrogens is 404 g/mol. The molecule has 10 heteroatoms. The molecule has 3 rings (SSSR count). The van der Waals surface area contributed by atoms with E-state index in [1.807, 2.05) is 6.92 Å². The number of carbonyl (C=O) groups excluding carboxylic acids is 1. The average Bonchev–Trinajstić information content (AvgIpc) is 3.13. The van der Waals surface area contributed by atoms with Gasteiger partial charge in [0.05, 0.1) is 29.7 Å². The number of thiazole rings is 1. The van der Waals surface area contributed by atoms with Gasteiger partial charge in [0.25, 0.3) is 0 Å². The minimum atomic E-state index is -0.0480. The largest absolute Gasteiger partial charge is 0.476 e. The van der Waals surface area contributed by atoms with Gasteiger partial charge in [0, 0.05) is 19.2 Å². The van der Waals surface area contributed by atoms with Crippen molar-refractivity contribution in [3.63, 3.8) is 0 Å². The Bertz CT molecular complexity index is 771. The van der Waals surface area contributed by atoms with E-state index in [-0.39, 0.29) is 23.1 Å². The highest BCUT2D eigenvalue weighted by molar-refractivity contribution is 7.09. The molecular formula is C18H23ClN4O4S. The number of rotatable bonds is 10. The molecule has 8 nitrogen and oxygen atoms in total. The van der Waals surface area contributed by atoms with Crippen LogP contribution >= 0.6 is 22.9 Å². The summed E-state index contributed by atoms with van der Waals surface area (Å²) in [4.78, 5) is 24.1. The van der Waals surface area contributed by atoms with Crippen LogP contribution in [0.5, 0.6) is 11.8 Å². The molecule has 1 saturated carbocycles. The Kier molecular flexibility index (Phi) is 7.41. The average molecular weight is 427 g/mol. The van der Waals surface area contributed by atoms with Crippen molar-refractivity contribution in [2.24, 2.45) is 5.92 Å². The lowest BCUT2D eigenvalue weighted by atomic mass is 9.83. The van der Waals surface area contributed by atoms with Gasteiger partial charge in [0.1, 0.15) is 12.9 Å². The zero-order valence-corrected chi connectivity index (χ0v) is 17.3. The Morgan fingerprint density at radius 1 is 1.36 bits per heavy atom. The predicted octanol–water partition coefficient (Wildman–Crippen LogP) is 2.86. The molecule has 28 heavy (non-hydrogen) atoms. The van der Waals surface area contributed by atoms with Crippen molar-refractivity contribution in [2.45, 2.75) is 45.4 Å². The summed E-state index contributed by atoms with van der Waals surface area (Å²) < 4.78 is 17.2. The maximum absolute atomic E-state index is 11.0. The number of hydrogen-bond donors (Lipinski definition) is 1. The summed E-state index contributed by atoms with van der Waals surface area (Å²) in [6, 6.07) is 0.0102. The molecule has 0 spiro atoms. The van der Waals surface area contributed by atoms with Gasteiger partial charge in [0.2, 0.25) is 17.7 Å². The summed E-state index contributed by atoms with van der Waals surface area (Å²) >= 11 is 7.80. The highest BCUT2D eigenvalue weighted by Crippen LogP contribution is 2.34. The van der Waals surface area contributed by atoms with Gasteiger partial charge < -0.3 is 19.5 Å². The van der Waals surface area contributed by atoms with Crippen LogP contribution in [0.25, 0.3) is 0 Å². The first-order valence-electron chi connectivity index (χ1n) is 9.03. The van der Waals surface area contributed by atoms with Crippen LogP contribution in [0, 0.1) is 5.92 Å². The number of nitrogens with one attached hydrogen (secondary N) is 1.